The van der Waals surface area contributed by atoms with Crippen LogP contribution in [0.15, 0.2) is 36.9 Å². The van der Waals surface area contributed by atoms with Crippen LogP contribution in [0.25, 0.3) is 5.65 Å². The van der Waals surface area contributed by atoms with Crippen molar-refractivity contribution in [3.05, 3.63) is 54.0 Å². The zero-order chi connectivity index (χ0) is 16.4. The van der Waals surface area contributed by atoms with Crippen LogP contribution in [0.1, 0.15) is 23.2 Å². The van der Waals surface area contributed by atoms with Crippen molar-refractivity contribution < 1.29 is 9.90 Å². The molecule has 0 saturated heterocycles. The Hall–Kier alpha value is -2.67. The van der Waals surface area contributed by atoms with Gasteiger partial charge in [0.15, 0.2) is 6.10 Å². The number of nitrogens with one attached hydrogen (secondary N) is 1. The number of rotatable bonds is 5. The lowest BCUT2D eigenvalue weighted by atomic mass is 10.2. The Labute approximate surface area is 133 Å². The number of pyridine rings is 1. The van der Waals surface area contributed by atoms with Crippen molar-refractivity contribution in [3.63, 3.8) is 0 Å². The van der Waals surface area contributed by atoms with E-state index in [-0.39, 0.29) is 0 Å². The minimum atomic E-state index is -1.22. The maximum Gasteiger partial charge on any atom is 0.255 e. The zero-order valence-corrected chi connectivity index (χ0v) is 13.1. The summed E-state index contributed by atoms with van der Waals surface area (Å²) in [6.45, 7) is 2.43. The van der Waals surface area contributed by atoms with Gasteiger partial charge in [0.2, 0.25) is 0 Å². The van der Waals surface area contributed by atoms with Gasteiger partial charge in [-0.3, -0.25) is 4.79 Å². The van der Waals surface area contributed by atoms with Gasteiger partial charge in [0, 0.05) is 31.9 Å². The van der Waals surface area contributed by atoms with E-state index < -0.39 is 12.0 Å². The highest BCUT2D eigenvalue weighted by Gasteiger charge is 2.19. The number of aliphatic hydroxyl groups is 1. The molecule has 0 aliphatic rings. The van der Waals surface area contributed by atoms with Crippen LogP contribution >= 0.6 is 0 Å². The molecule has 1 unspecified atom stereocenters. The van der Waals surface area contributed by atoms with E-state index in [1.807, 2.05) is 35.7 Å². The van der Waals surface area contributed by atoms with Crippen molar-refractivity contribution in [2.45, 2.75) is 19.4 Å². The fraction of sp³-hybridized carbons (Fsp3) is 0.312. The molecule has 0 aliphatic heterocycles. The normalized spacial score (nSPS) is 12.5. The number of aliphatic hydroxyl groups excluding tert-OH is 1. The lowest BCUT2D eigenvalue weighted by Crippen LogP contribution is -2.31. The first-order valence-corrected chi connectivity index (χ1v) is 7.42. The van der Waals surface area contributed by atoms with Gasteiger partial charge in [0.25, 0.3) is 5.91 Å². The number of hydrogen-bond donors (Lipinski definition) is 2. The summed E-state index contributed by atoms with van der Waals surface area (Å²) in [6, 6.07) is 5.93. The van der Waals surface area contributed by atoms with E-state index in [1.54, 1.807) is 17.9 Å². The fourth-order valence-corrected chi connectivity index (χ4v) is 2.49. The maximum atomic E-state index is 12.0. The Morgan fingerprint density at radius 1 is 1.43 bits per heavy atom. The molecule has 120 valence electrons. The molecule has 0 radical (unpaired) electrons. The number of carbonyl (C=O) groups is 1. The largest absolute Gasteiger partial charge is 0.377 e. The lowest BCUT2D eigenvalue weighted by molar-refractivity contribution is -0.129. The second-order valence-corrected chi connectivity index (χ2v) is 5.50. The number of hydrogen-bond acceptors (Lipinski definition) is 4. The highest BCUT2D eigenvalue weighted by Crippen LogP contribution is 2.11. The van der Waals surface area contributed by atoms with Gasteiger partial charge in [-0.2, -0.15) is 0 Å². The van der Waals surface area contributed by atoms with Crippen LogP contribution in [-0.2, 0) is 18.3 Å². The van der Waals surface area contributed by atoms with Crippen molar-refractivity contribution in [2.75, 3.05) is 6.54 Å². The highest BCUT2D eigenvalue weighted by molar-refractivity contribution is 5.81. The Balaban J connectivity index is 1.59. The molecule has 3 rings (SSSR count). The summed E-state index contributed by atoms with van der Waals surface area (Å²) in [5.74, 6) is -0.437. The van der Waals surface area contributed by atoms with Gasteiger partial charge in [-0.15, -0.1) is 0 Å². The van der Waals surface area contributed by atoms with Crippen molar-refractivity contribution in [1.82, 2.24) is 24.3 Å². The Kier molecular flexibility index (Phi) is 4.12. The molecule has 0 fully saturated rings. The van der Waals surface area contributed by atoms with Crippen LogP contribution in [0, 0.1) is 6.92 Å². The van der Waals surface area contributed by atoms with Crippen LogP contribution in [0.5, 0.6) is 0 Å². The first-order chi connectivity index (χ1) is 11.1. The van der Waals surface area contributed by atoms with Crippen LogP contribution < -0.4 is 5.32 Å². The molecule has 2 N–H and O–H groups in total. The summed E-state index contributed by atoms with van der Waals surface area (Å²) < 4.78 is 3.64. The van der Waals surface area contributed by atoms with Gasteiger partial charge in [-0.05, 0) is 19.1 Å². The SMILES string of the molecule is Cc1cccc2nc(CCNC(=O)C(O)c3cncn3C)cn12. The standard InChI is InChI=1S/C16H19N5O2/c1-11-4-3-5-14-19-12(9-21(11)14)6-7-18-16(23)15(22)13-8-17-10-20(13)2/h3-5,8-10,15,22H,6-7H2,1-2H3,(H,18,23). The minimum absolute atomic E-state index is 0.413. The number of aryl methyl sites for hydroxylation is 2. The van der Waals surface area contributed by atoms with Gasteiger partial charge in [0.05, 0.1) is 23.9 Å². The van der Waals surface area contributed by atoms with E-state index in [2.05, 4.69) is 15.3 Å². The quantitative estimate of drug-likeness (QED) is 0.728. The summed E-state index contributed by atoms with van der Waals surface area (Å²) in [6.07, 6.45) is 4.38. The van der Waals surface area contributed by atoms with Gasteiger partial charge < -0.3 is 19.4 Å². The molecule has 1 atom stereocenters. The van der Waals surface area contributed by atoms with Gasteiger partial charge in [-0.1, -0.05) is 6.07 Å². The third-order valence-electron chi connectivity index (χ3n) is 3.81. The molecule has 23 heavy (non-hydrogen) atoms. The average Bonchev–Trinajstić information content (AvgIpc) is 3.13. The third kappa shape index (κ3) is 3.09. The molecule has 3 aromatic heterocycles. The molecule has 3 aromatic rings. The molecule has 0 saturated carbocycles. The van der Waals surface area contributed by atoms with E-state index in [0.29, 0.717) is 18.7 Å². The highest BCUT2D eigenvalue weighted by atomic mass is 16.3. The summed E-state index contributed by atoms with van der Waals surface area (Å²) in [5.41, 5.74) is 3.36. The third-order valence-corrected chi connectivity index (χ3v) is 3.81. The van der Waals surface area contributed by atoms with E-state index >= 15 is 0 Å². The van der Waals surface area contributed by atoms with Crippen molar-refractivity contribution >= 4 is 11.6 Å². The summed E-state index contributed by atoms with van der Waals surface area (Å²) >= 11 is 0. The number of fused-ring (bicyclic) bond motifs is 1. The topological polar surface area (TPSA) is 84.4 Å². The lowest BCUT2D eigenvalue weighted by Gasteiger charge is -2.11. The number of nitrogens with zero attached hydrogens (tertiary/aromatic N) is 4. The van der Waals surface area contributed by atoms with Crippen molar-refractivity contribution in [2.24, 2.45) is 7.05 Å². The fourth-order valence-electron chi connectivity index (χ4n) is 2.49. The van der Waals surface area contributed by atoms with E-state index in [1.165, 1.54) is 6.20 Å². The molecule has 3 heterocycles. The second-order valence-electron chi connectivity index (χ2n) is 5.50. The second kappa shape index (κ2) is 6.21. The first-order valence-electron chi connectivity index (χ1n) is 7.42. The molecule has 0 aliphatic carbocycles. The Bertz CT molecular complexity index is 836. The summed E-state index contributed by atoms with van der Waals surface area (Å²) in [5, 5.41) is 12.7. The predicted octanol–water partition coefficient (Wildman–Crippen LogP) is 0.769. The predicted molar refractivity (Wildman–Crippen MR) is 84.8 cm³/mol. The number of aromatic nitrogens is 4. The van der Waals surface area contributed by atoms with Crippen molar-refractivity contribution in [1.29, 1.82) is 0 Å². The molecule has 0 bridgehead atoms. The van der Waals surface area contributed by atoms with Crippen LogP contribution in [0.3, 0.4) is 0 Å². The first kappa shape index (κ1) is 15.2. The van der Waals surface area contributed by atoms with Crippen LogP contribution in [-0.4, -0.2) is 36.5 Å². The molecule has 0 aromatic carbocycles. The molecule has 0 spiro atoms. The Morgan fingerprint density at radius 3 is 2.96 bits per heavy atom. The van der Waals surface area contributed by atoms with Crippen LogP contribution in [0.2, 0.25) is 0 Å². The van der Waals surface area contributed by atoms with Gasteiger partial charge >= 0.3 is 0 Å². The van der Waals surface area contributed by atoms with Gasteiger partial charge in [0.1, 0.15) is 5.65 Å². The molecule has 7 nitrogen and oxygen atoms in total. The number of amides is 1. The smallest absolute Gasteiger partial charge is 0.255 e. The van der Waals surface area contributed by atoms with E-state index in [0.717, 1.165) is 17.0 Å². The Morgan fingerprint density at radius 2 is 2.26 bits per heavy atom. The van der Waals surface area contributed by atoms with E-state index in [9.17, 15) is 9.90 Å². The molecule has 1 amide bonds. The average molecular weight is 313 g/mol. The maximum absolute atomic E-state index is 12.0. The molecular formula is C16H19N5O2. The molecular weight excluding hydrogens is 294 g/mol. The summed E-state index contributed by atoms with van der Waals surface area (Å²) in [7, 11) is 1.73. The van der Waals surface area contributed by atoms with Gasteiger partial charge in [-0.25, -0.2) is 9.97 Å². The molecule has 7 heteroatoms. The van der Waals surface area contributed by atoms with Crippen molar-refractivity contribution in [3.8, 4) is 0 Å². The van der Waals surface area contributed by atoms with E-state index in [4.69, 9.17) is 0 Å². The number of imidazole rings is 2. The monoisotopic (exact) mass is 313 g/mol. The zero-order valence-electron chi connectivity index (χ0n) is 13.1. The number of carbonyl (C=O) groups excluding carboxylic acids is 1. The van der Waals surface area contributed by atoms with Crippen LogP contribution in [0.4, 0.5) is 0 Å². The summed E-state index contributed by atoms with van der Waals surface area (Å²) in [4.78, 5) is 20.4. The minimum Gasteiger partial charge on any atom is -0.377 e.